The minimum Gasteiger partial charge on any atom is -0.463 e. The Bertz CT molecular complexity index is 366. The van der Waals surface area contributed by atoms with E-state index in [-0.39, 0.29) is 5.97 Å². The molecule has 1 aromatic rings. The summed E-state index contributed by atoms with van der Waals surface area (Å²) in [6.45, 7) is 14.7. The van der Waals surface area contributed by atoms with Gasteiger partial charge >= 0.3 is 5.97 Å². The summed E-state index contributed by atoms with van der Waals surface area (Å²) in [5.74, 6) is -0.330. The van der Waals surface area contributed by atoms with Crippen molar-refractivity contribution in [3.8, 4) is 0 Å². The van der Waals surface area contributed by atoms with Crippen molar-refractivity contribution >= 4 is 12.0 Å². The molecule has 0 bridgehead atoms. The average Bonchev–Trinajstić information content (AvgIpc) is 2.49. The summed E-state index contributed by atoms with van der Waals surface area (Å²) in [4.78, 5) is 10.3. The number of rotatable bonds is 5. The van der Waals surface area contributed by atoms with Gasteiger partial charge in [0.25, 0.3) is 0 Å². The highest BCUT2D eigenvalue weighted by atomic mass is 16.5. The Labute approximate surface area is 123 Å². The summed E-state index contributed by atoms with van der Waals surface area (Å²) in [6.07, 6.45) is 6.74. The van der Waals surface area contributed by atoms with E-state index in [2.05, 4.69) is 24.5 Å². The fourth-order valence-corrected chi connectivity index (χ4v) is 0.965. The molecule has 0 N–H and O–H groups in total. The molecule has 0 fully saturated rings. The maximum atomic E-state index is 10.3. The third-order valence-corrected chi connectivity index (χ3v) is 1.94. The monoisotopic (exact) mass is 274 g/mol. The first-order valence-corrected chi connectivity index (χ1v) is 6.69. The van der Waals surface area contributed by atoms with Crippen LogP contribution in [0.3, 0.4) is 0 Å². The van der Waals surface area contributed by atoms with E-state index in [4.69, 9.17) is 0 Å². The Morgan fingerprint density at radius 1 is 1.20 bits per heavy atom. The van der Waals surface area contributed by atoms with Crippen molar-refractivity contribution < 1.29 is 9.53 Å². The first kappa shape index (κ1) is 20.2. The summed E-state index contributed by atoms with van der Waals surface area (Å²) >= 11 is 0. The van der Waals surface area contributed by atoms with Crippen LogP contribution in [0.25, 0.3) is 6.08 Å². The SMILES string of the molecule is C=CC.C=CC(=O)OCCCC.C=Cc1ccccc1. The van der Waals surface area contributed by atoms with Gasteiger partial charge in [0.05, 0.1) is 6.61 Å². The molecule has 0 saturated carbocycles. The predicted octanol–water partition coefficient (Wildman–Crippen LogP) is 5.04. The zero-order chi connectivity index (χ0) is 15.6. The van der Waals surface area contributed by atoms with E-state index in [9.17, 15) is 4.79 Å². The maximum Gasteiger partial charge on any atom is 0.330 e. The summed E-state index contributed by atoms with van der Waals surface area (Å²) in [5, 5.41) is 0. The smallest absolute Gasteiger partial charge is 0.330 e. The molecule has 20 heavy (non-hydrogen) atoms. The number of unbranched alkanes of at least 4 members (excludes halogenated alkanes) is 1. The number of esters is 1. The fraction of sp³-hybridized carbons (Fsp3) is 0.278. The highest BCUT2D eigenvalue weighted by molar-refractivity contribution is 5.81. The summed E-state index contributed by atoms with van der Waals surface area (Å²) in [7, 11) is 0. The van der Waals surface area contributed by atoms with Crippen molar-refractivity contribution in [3.63, 3.8) is 0 Å². The quantitative estimate of drug-likeness (QED) is 0.325. The van der Waals surface area contributed by atoms with E-state index in [1.165, 1.54) is 11.6 Å². The molecule has 0 aromatic heterocycles. The van der Waals surface area contributed by atoms with Gasteiger partial charge in [-0.3, -0.25) is 0 Å². The van der Waals surface area contributed by atoms with Crippen LogP contribution < -0.4 is 0 Å². The Morgan fingerprint density at radius 3 is 2.10 bits per heavy atom. The minimum absolute atomic E-state index is 0.330. The van der Waals surface area contributed by atoms with Gasteiger partial charge in [0.15, 0.2) is 0 Å². The first-order chi connectivity index (χ1) is 9.65. The predicted molar refractivity (Wildman–Crippen MR) is 88.5 cm³/mol. The number of ether oxygens (including phenoxy) is 1. The molecule has 0 spiro atoms. The second kappa shape index (κ2) is 16.9. The molecular weight excluding hydrogens is 248 g/mol. The Balaban J connectivity index is 0. The van der Waals surface area contributed by atoms with E-state index in [1.807, 2.05) is 50.3 Å². The van der Waals surface area contributed by atoms with E-state index in [0.717, 1.165) is 12.8 Å². The van der Waals surface area contributed by atoms with Crippen LogP contribution in [-0.4, -0.2) is 12.6 Å². The van der Waals surface area contributed by atoms with Crippen LogP contribution in [0.15, 0.2) is 62.2 Å². The van der Waals surface area contributed by atoms with Gasteiger partial charge in [-0.15, -0.1) is 6.58 Å². The molecule has 0 amide bonds. The van der Waals surface area contributed by atoms with Gasteiger partial charge in [0.1, 0.15) is 0 Å². The standard InChI is InChI=1S/C8H8.C7H12O2.C3H6/c1-2-8-6-4-3-5-7-8;1-3-5-6-9-7(8)4-2;1-3-2/h2-7H,1H2;4H,2-3,5-6H2,1H3;3H,1H2,2H3. The van der Waals surface area contributed by atoms with Crippen molar-refractivity contribution in [1.29, 1.82) is 0 Å². The van der Waals surface area contributed by atoms with Crippen molar-refractivity contribution in [2.24, 2.45) is 0 Å². The number of carbonyl (C=O) groups is 1. The van der Waals surface area contributed by atoms with Crippen LogP contribution in [0.1, 0.15) is 32.3 Å². The lowest BCUT2D eigenvalue weighted by Crippen LogP contribution is -2.00. The first-order valence-electron chi connectivity index (χ1n) is 6.69. The van der Waals surface area contributed by atoms with Crippen molar-refractivity contribution in [2.75, 3.05) is 6.61 Å². The minimum atomic E-state index is -0.330. The second-order valence-corrected chi connectivity index (χ2v) is 3.75. The van der Waals surface area contributed by atoms with Gasteiger partial charge in [-0.25, -0.2) is 4.79 Å². The lowest BCUT2D eigenvalue weighted by atomic mass is 10.2. The largest absolute Gasteiger partial charge is 0.463 e. The molecule has 2 nitrogen and oxygen atoms in total. The van der Waals surface area contributed by atoms with Crippen LogP contribution in [0.2, 0.25) is 0 Å². The number of benzene rings is 1. The Morgan fingerprint density at radius 2 is 1.75 bits per heavy atom. The van der Waals surface area contributed by atoms with E-state index in [1.54, 1.807) is 6.08 Å². The van der Waals surface area contributed by atoms with Gasteiger partial charge in [-0.2, -0.15) is 0 Å². The van der Waals surface area contributed by atoms with Crippen LogP contribution in [0.4, 0.5) is 0 Å². The van der Waals surface area contributed by atoms with Crippen molar-refractivity contribution in [1.82, 2.24) is 0 Å². The fourth-order valence-electron chi connectivity index (χ4n) is 0.965. The van der Waals surface area contributed by atoms with Gasteiger partial charge in [0, 0.05) is 6.08 Å². The summed E-state index contributed by atoms with van der Waals surface area (Å²) in [5.41, 5.74) is 1.17. The van der Waals surface area contributed by atoms with Crippen molar-refractivity contribution in [2.45, 2.75) is 26.7 Å². The van der Waals surface area contributed by atoms with Crippen LogP contribution in [-0.2, 0) is 9.53 Å². The maximum absolute atomic E-state index is 10.3. The molecule has 110 valence electrons. The zero-order valence-corrected chi connectivity index (χ0v) is 12.7. The van der Waals surface area contributed by atoms with Gasteiger partial charge < -0.3 is 4.74 Å². The van der Waals surface area contributed by atoms with Gasteiger partial charge in [-0.05, 0) is 18.9 Å². The van der Waals surface area contributed by atoms with Gasteiger partial charge in [0.2, 0.25) is 0 Å². The number of allylic oxidation sites excluding steroid dienone is 1. The van der Waals surface area contributed by atoms with Crippen LogP contribution in [0.5, 0.6) is 0 Å². The molecular formula is C18H26O2. The second-order valence-electron chi connectivity index (χ2n) is 3.75. The molecule has 0 heterocycles. The third-order valence-electron chi connectivity index (χ3n) is 1.94. The number of hydrogen-bond acceptors (Lipinski definition) is 2. The summed E-state index contributed by atoms with van der Waals surface area (Å²) < 4.78 is 4.67. The lowest BCUT2D eigenvalue weighted by molar-refractivity contribution is -0.137. The molecule has 1 rings (SSSR count). The molecule has 2 heteroatoms. The van der Waals surface area contributed by atoms with E-state index >= 15 is 0 Å². The van der Waals surface area contributed by atoms with Crippen LogP contribution >= 0.6 is 0 Å². The van der Waals surface area contributed by atoms with E-state index < -0.39 is 0 Å². The molecule has 0 unspecified atom stereocenters. The normalized spacial score (nSPS) is 7.90. The molecule has 0 radical (unpaired) electrons. The highest BCUT2D eigenvalue weighted by Gasteiger charge is 1.91. The average molecular weight is 274 g/mol. The molecule has 1 aromatic carbocycles. The molecule has 0 saturated heterocycles. The molecule has 0 aliphatic heterocycles. The third kappa shape index (κ3) is 15.9. The number of hydrogen-bond donors (Lipinski definition) is 0. The van der Waals surface area contributed by atoms with E-state index in [0.29, 0.717) is 6.61 Å². The molecule has 0 aliphatic rings. The highest BCUT2D eigenvalue weighted by Crippen LogP contribution is 1.97. The molecule has 0 aliphatic carbocycles. The Hall–Kier alpha value is -2.09. The van der Waals surface area contributed by atoms with Crippen LogP contribution in [0, 0.1) is 0 Å². The number of carbonyl (C=O) groups excluding carboxylic acids is 1. The lowest BCUT2D eigenvalue weighted by Gasteiger charge is -1.97. The Kier molecular flexibility index (Phi) is 17.1. The zero-order valence-electron chi connectivity index (χ0n) is 12.7. The summed E-state index contributed by atoms with van der Waals surface area (Å²) in [6, 6.07) is 10.0. The van der Waals surface area contributed by atoms with Gasteiger partial charge in [-0.1, -0.05) is 69.0 Å². The molecule has 0 atom stereocenters. The topological polar surface area (TPSA) is 26.3 Å². The van der Waals surface area contributed by atoms with Crippen molar-refractivity contribution in [3.05, 3.63) is 67.8 Å².